The fourth-order valence-corrected chi connectivity index (χ4v) is 2.18. The molecule has 0 aromatic heterocycles. The van der Waals surface area contributed by atoms with Crippen molar-refractivity contribution in [1.82, 2.24) is 0 Å². The fraction of sp³-hybridized carbons (Fsp3) is 0.750. The summed E-state index contributed by atoms with van der Waals surface area (Å²) in [4.78, 5) is 39.7. The zero-order chi connectivity index (χ0) is 26.3. The van der Waals surface area contributed by atoms with E-state index in [4.69, 9.17) is 43.4 Å². The van der Waals surface area contributed by atoms with Gasteiger partial charge in [-0.2, -0.15) is 48.8 Å². The second-order valence-electron chi connectivity index (χ2n) is 5.71. The van der Waals surface area contributed by atoms with E-state index in [0.29, 0.717) is 12.8 Å². The lowest BCUT2D eigenvalue weighted by Gasteiger charge is -2.02. The lowest BCUT2D eigenvalue weighted by Crippen LogP contribution is -2.31. The number of carboxylic acids is 4. The van der Waals surface area contributed by atoms with Gasteiger partial charge in [0.25, 0.3) is 0 Å². The molecule has 0 saturated carbocycles. The highest BCUT2D eigenvalue weighted by atomic mass is 32.2. The molecular formula is C16H36N4O8S4. The Kier molecular flexibility index (Phi) is 31.6. The van der Waals surface area contributed by atoms with Crippen LogP contribution in [0.3, 0.4) is 0 Å². The maximum absolute atomic E-state index is 10.1. The summed E-state index contributed by atoms with van der Waals surface area (Å²) in [7, 11) is 0. The summed E-state index contributed by atoms with van der Waals surface area (Å²) in [6.07, 6.45) is 4.95. The third-order valence-electron chi connectivity index (χ3n) is 2.93. The van der Waals surface area contributed by atoms with Gasteiger partial charge in [0, 0.05) is 11.5 Å². The van der Waals surface area contributed by atoms with Gasteiger partial charge in [0.15, 0.2) is 0 Å². The Bertz CT molecular complexity index is 476. The van der Waals surface area contributed by atoms with Gasteiger partial charge in [-0.05, 0) is 36.9 Å². The molecule has 0 amide bonds. The van der Waals surface area contributed by atoms with Crippen LogP contribution in [0, 0.1) is 0 Å². The molecule has 32 heavy (non-hydrogen) atoms. The fourth-order valence-electron chi connectivity index (χ4n) is 0.893. The number of thiol groups is 2. The lowest BCUT2D eigenvalue weighted by molar-refractivity contribution is -0.139. The Hall–Kier alpha value is -0.880. The largest absolute Gasteiger partial charge is 0.480 e. The highest BCUT2D eigenvalue weighted by molar-refractivity contribution is 7.98. The molecule has 4 atom stereocenters. The van der Waals surface area contributed by atoms with E-state index in [1.807, 2.05) is 12.5 Å². The number of carboxylic acid groups (broad SMARTS) is 4. The molecule has 0 heterocycles. The monoisotopic (exact) mass is 540 g/mol. The molecule has 0 spiro atoms. The van der Waals surface area contributed by atoms with Crippen LogP contribution < -0.4 is 22.9 Å². The molecule has 0 saturated heterocycles. The van der Waals surface area contributed by atoms with E-state index in [0.717, 1.165) is 11.5 Å². The van der Waals surface area contributed by atoms with E-state index in [9.17, 15) is 19.2 Å². The van der Waals surface area contributed by atoms with Crippen molar-refractivity contribution in [3.63, 3.8) is 0 Å². The van der Waals surface area contributed by atoms with Crippen LogP contribution in [-0.4, -0.2) is 104 Å². The first-order valence-electron chi connectivity index (χ1n) is 8.86. The van der Waals surface area contributed by atoms with E-state index < -0.39 is 48.0 Å². The van der Waals surface area contributed by atoms with Gasteiger partial charge in [-0.3, -0.25) is 19.2 Å². The van der Waals surface area contributed by atoms with Crippen LogP contribution >= 0.6 is 48.8 Å². The van der Waals surface area contributed by atoms with Crippen LogP contribution in [0.15, 0.2) is 0 Å². The molecule has 16 heteroatoms. The SMILES string of the molecule is CSCC[C@H](N)C(=O)O.CSCC[C@H](N)C(=O)O.N[C@@H](CS)C(=O)O.N[C@@H](CS)C(=O)O. The first-order chi connectivity index (χ1) is 14.7. The minimum atomic E-state index is -1.00. The van der Waals surface area contributed by atoms with Gasteiger partial charge in [0.1, 0.15) is 24.2 Å². The topological polar surface area (TPSA) is 253 Å². The van der Waals surface area contributed by atoms with Gasteiger partial charge in [-0.15, -0.1) is 0 Å². The van der Waals surface area contributed by atoms with Crippen molar-refractivity contribution in [1.29, 1.82) is 0 Å². The second-order valence-corrected chi connectivity index (χ2v) is 8.41. The maximum Gasteiger partial charge on any atom is 0.321 e. The molecule has 0 fully saturated rings. The van der Waals surface area contributed by atoms with E-state index in [2.05, 4.69) is 25.3 Å². The minimum Gasteiger partial charge on any atom is -0.480 e. The third kappa shape index (κ3) is 31.3. The molecule has 0 radical (unpaired) electrons. The number of rotatable bonds is 12. The summed E-state index contributed by atoms with van der Waals surface area (Å²) in [5.74, 6) is -1.83. The third-order valence-corrected chi connectivity index (χ3v) is 5.00. The van der Waals surface area contributed by atoms with E-state index in [1.54, 1.807) is 23.5 Å². The van der Waals surface area contributed by atoms with Crippen molar-refractivity contribution in [2.24, 2.45) is 22.9 Å². The van der Waals surface area contributed by atoms with Crippen molar-refractivity contribution >= 4 is 72.7 Å². The quantitative estimate of drug-likeness (QED) is 0.133. The summed E-state index contributed by atoms with van der Waals surface area (Å²) < 4.78 is 0. The molecule has 12 nitrogen and oxygen atoms in total. The van der Waals surface area contributed by atoms with Crippen LogP contribution in [0.5, 0.6) is 0 Å². The number of aliphatic carboxylic acids is 4. The van der Waals surface area contributed by atoms with Crippen molar-refractivity contribution in [3.05, 3.63) is 0 Å². The summed E-state index contributed by atoms with van der Waals surface area (Å²) >= 11 is 10.5. The van der Waals surface area contributed by atoms with Crippen molar-refractivity contribution in [3.8, 4) is 0 Å². The summed E-state index contributed by atoms with van der Waals surface area (Å²) in [5.41, 5.74) is 20.3. The van der Waals surface area contributed by atoms with Crippen LogP contribution in [-0.2, 0) is 19.2 Å². The molecule has 0 bridgehead atoms. The summed E-state index contributed by atoms with van der Waals surface area (Å²) in [6.45, 7) is 0. The number of hydrogen-bond donors (Lipinski definition) is 10. The van der Waals surface area contributed by atoms with Gasteiger partial charge < -0.3 is 43.4 Å². The standard InChI is InChI=1S/2C5H11NO2S.2C3H7NO2S/c2*1-9-3-2-4(6)5(7)8;2*4-2(1-7)3(5)6/h2*4H,2-3,6H2,1H3,(H,7,8);2*2,7H,1,4H2,(H,5,6)/t2*4-;2*2-/m0000/s1. The number of hydrogen-bond acceptors (Lipinski definition) is 12. The Balaban J connectivity index is -0.000000165. The molecule has 12 N–H and O–H groups in total. The molecular weight excluding hydrogens is 504 g/mol. The molecule has 0 aliphatic heterocycles. The first-order valence-corrected chi connectivity index (χ1v) is 12.9. The van der Waals surface area contributed by atoms with Crippen LogP contribution in [0.2, 0.25) is 0 Å². The number of thioether (sulfide) groups is 2. The molecule has 0 aromatic rings. The number of carbonyl (C=O) groups is 4. The normalized spacial score (nSPS) is 13.2. The van der Waals surface area contributed by atoms with E-state index >= 15 is 0 Å². The molecule has 0 unspecified atom stereocenters. The minimum absolute atomic E-state index is 0.190. The van der Waals surface area contributed by atoms with Crippen molar-refractivity contribution in [2.45, 2.75) is 37.0 Å². The summed E-state index contributed by atoms with van der Waals surface area (Å²) in [6, 6.07) is -3.00. The molecule has 0 aliphatic rings. The Morgan fingerprint density at radius 3 is 0.938 bits per heavy atom. The predicted molar refractivity (Wildman–Crippen MR) is 136 cm³/mol. The molecule has 0 aromatic carbocycles. The molecule has 0 aliphatic carbocycles. The lowest BCUT2D eigenvalue weighted by atomic mass is 10.2. The Morgan fingerprint density at radius 2 is 0.844 bits per heavy atom. The first kappa shape index (κ1) is 38.4. The second kappa shape index (κ2) is 26.4. The Morgan fingerprint density at radius 1 is 0.625 bits per heavy atom. The molecule has 192 valence electrons. The smallest absolute Gasteiger partial charge is 0.321 e. The maximum atomic E-state index is 10.1. The number of nitrogens with two attached hydrogens (primary N) is 4. The highest BCUT2D eigenvalue weighted by Crippen LogP contribution is 1.98. The van der Waals surface area contributed by atoms with Gasteiger partial charge in [-0.1, -0.05) is 0 Å². The summed E-state index contributed by atoms with van der Waals surface area (Å²) in [5, 5.41) is 32.6. The van der Waals surface area contributed by atoms with Crippen LogP contribution in [0.25, 0.3) is 0 Å². The van der Waals surface area contributed by atoms with Gasteiger partial charge in [0.05, 0.1) is 0 Å². The Labute approximate surface area is 207 Å². The predicted octanol–water partition coefficient (Wildman–Crippen LogP) is -1.04. The zero-order valence-electron chi connectivity index (χ0n) is 18.0. The average Bonchev–Trinajstić information content (AvgIpc) is 2.75. The van der Waals surface area contributed by atoms with Crippen LogP contribution in [0.4, 0.5) is 0 Å². The van der Waals surface area contributed by atoms with Gasteiger partial charge in [-0.25, -0.2) is 0 Å². The van der Waals surface area contributed by atoms with Gasteiger partial charge in [0.2, 0.25) is 0 Å². The zero-order valence-corrected chi connectivity index (χ0v) is 21.4. The molecule has 0 rings (SSSR count). The van der Waals surface area contributed by atoms with E-state index in [1.165, 1.54) is 0 Å². The highest BCUT2D eigenvalue weighted by Gasteiger charge is 2.10. The van der Waals surface area contributed by atoms with Crippen molar-refractivity contribution < 1.29 is 39.6 Å². The van der Waals surface area contributed by atoms with Gasteiger partial charge >= 0.3 is 23.9 Å². The van der Waals surface area contributed by atoms with Crippen LogP contribution in [0.1, 0.15) is 12.8 Å². The van der Waals surface area contributed by atoms with E-state index in [-0.39, 0.29) is 11.5 Å². The average molecular weight is 541 g/mol. The van der Waals surface area contributed by atoms with Crippen molar-refractivity contribution in [2.75, 3.05) is 35.5 Å².